The molecule has 0 bridgehead atoms. The summed E-state index contributed by atoms with van der Waals surface area (Å²) >= 11 is 1.55. The number of Topliss-reactive ketones (excluding diaryl/α,β-unsaturated/α-hetero) is 2. The van der Waals surface area contributed by atoms with E-state index in [1.165, 1.54) is 0 Å². The number of hydrogen-bond acceptors (Lipinski definition) is 5. The number of ketones is 2. The van der Waals surface area contributed by atoms with Gasteiger partial charge in [0.15, 0.2) is 11.6 Å². The molecule has 3 aromatic carbocycles. The molecule has 4 aromatic rings. The predicted octanol–water partition coefficient (Wildman–Crippen LogP) is 5.79. The first-order valence-electron chi connectivity index (χ1n) is 10.7. The van der Waals surface area contributed by atoms with E-state index in [4.69, 9.17) is 0 Å². The summed E-state index contributed by atoms with van der Waals surface area (Å²) in [5.74, 6) is -2.01. The SMILES string of the molecule is O=C1c2ccccc2/C(=N\N=C/c2cccs2)[C@@H]1C(=O)C(c1ccccc1)c1ccccc1. The maximum atomic E-state index is 14.1. The highest BCUT2D eigenvalue weighted by Crippen LogP contribution is 2.35. The molecule has 1 aliphatic carbocycles. The summed E-state index contributed by atoms with van der Waals surface area (Å²) in [4.78, 5) is 28.5. The Balaban J connectivity index is 1.60. The number of nitrogens with zero attached hydrogens (tertiary/aromatic N) is 2. The van der Waals surface area contributed by atoms with Gasteiger partial charge in [-0.15, -0.1) is 11.3 Å². The fraction of sp³-hybridized carbons (Fsp3) is 0.0714. The number of thiophene rings is 1. The normalized spacial score (nSPS) is 16.6. The average molecular weight is 449 g/mol. The third kappa shape index (κ3) is 4.11. The Morgan fingerprint density at radius 3 is 2.00 bits per heavy atom. The van der Waals surface area contributed by atoms with Crippen molar-refractivity contribution in [2.75, 3.05) is 0 Å². The van der Waals surface area contributed by atoms with Gasteiger partial charge in [0.25, 0.3) is 0 Å². The van der Waals surface area contributed by atoms with Crippen molar-refractivity contribution in [1.29, 1.82) is 0 Å². The van der Waals surface area contributed by atoms with E-state index in [2.05, 4.69) is 10.2 Å². The van der Waals surface area contributed by atoms with Crippen molar-refractivity contribution in [3.63, 3.8) is 0 Å². The van der Waals surface area contributed by atoms with Gasteiger partial charge in [-0.05, 0) is 22.6 Å². The summed E-state index contributed by atoms with van der Waals surface area (Å²) in [5.41, 5.74) is 3.29. The van der Waals surface area contributed by atoms with Crippen LogP contribution in [0.2, 0.25) is 0 Å². The van der Waals surface area contributed by atoms with Crippen LogP contribution in [0.1, 0.15) is 37.8 Å². The minimum Gasteiger partial charge on any atom is -0.297 e. The maximum Gasteiger partial charge on any atom is 0.180 e. The molecule has 0 radical (unpaired) electrons. The molecule has 0 saturated carbocycles. The molecule has 0 spiro atoms. The molecule has 0 fully saturated rings. The molecule has 1 aliphatic rings. The number of benzene rings is 3. The summed E-state index contributed by atoms with van der Waals surface area (Å²) in [7, 11) is 0. The summed E-state index contributed by atoms with van der Waals surface area (Å²) in [6.45, 7) is 0. The van der Waals surface area contributed by atoms with Crippen LogP contribution in [0.3, 0.4) is 0 Å². The second kappa shape index (κ2) is 9.27. The minimum absolute atomic E-state index is 0.196. The van der Waals surface area contributed by atoms with Crippen molar-refractivity contribution >= 4 is 34.8 Å². The fourth-order valence-electron chi connectivity index (χ4n) is 4.22. The van der Waals surface area contributed by atoms with Gasteiger partial charge in [-0.1, -0.05) is 91.0 Å². The minimum atomic E-state index is -1.01. The highest BCUT2D eigenvalue weighted by molar-refractivity contribution is 7.11. The van der Waals surface area contributed by atoms with Crippen LogP contribution < -0.4 is 0 Å². The molecule has 0 unspecified atom stereocenters. The van der Waals surface area contributed by atoms with E-state index in [0.717, 1.165) is 16.0 Å². The van der Waals surface area contributed by atoms with Gasteiger partial charge in [-0.2, -0.15) is 10.2 Å². The molecule has 5 rings (SSSR count). The second-order valence-corrected chi connectivity index (χ2v) is 8.72. The van der Waals surface area contributed by atoms with Crippen molar-refractivity contribution in [2.24, 2.45) is 16.1 Å². The number of rotatable bonds is 6. The smallest absolute Gasteiger partial charge is 0.180 e. The lowest BCUT2D eigenvalue weighted by atomic mass is 9.80. The van der Waals surface area contributed by atoms with Crippen molar-refractivity contribution < 1.29 is 9.59 Å². The second-order valence-electron chi connectivity index (χ2n) is 7.74. The monoisotopic (exact) mass is 448 g/mol. The number of carbonyl (C=O) groups is 2. The quantitative estimate of drug-likeness (QED) is 0.213. The third-order valence-electron chi connectivity index (χ3n) is 5.73. The molecule has 160 valence electrons. The van der Waals surface area contributed by atoms with Gasteiger partial charge in [-0.25, -0.2) is 0 Å². The number of fused-ring (bicyclic) bond motifs is 1. The van der Waals surface area contributed by atoms with E-state index >= 15 is 0 Å². The summed E-state index contributed by atoms with van der Waals surface area (Å²) in [6.07, 6.45) is 1.65. The summed E-state index contributed by atoms with van der Waals surface area (Å²) < 4.78 is 0. The van der Waals surface area contributed by atoms with Gasteiger partial charge in [0.1, 0.15) is 5.92 Å². The van der Waals surface area contributed by atoms with Crippen molar-refractivity contribution in [1.82, 2.24) is 0 Å². The molecule has 0 N–H and O–H groups in total. The van der Waals surface area contributed by atoms with E-state index < -0.39 is 11.8 Å². The van der Waals surface area contributed by atoms with Gasteiger partial charge in [0.2, 0.25) is 0 Å². The third-order valence-corrected chi connectivity index (χ3v) is 6.54. The molecule has 1 aromatic heterocycles. The maximum absolute atomic E-state index is 14.1. The van der Waals surface area contributed by atoms with Crippen LogP contribution in [0.15, 0.2) is 113 Å². The van der Waals surface area contributed by atoms with Crippen LogP contribution in [0.25, 0.3) is 0 Å². The summed E-state index contributed by atoms with van der Waals surface area (Å²) in [6, 6.07) is 30.3. The van der Waals surface area contributed by atoms with E-state index in [1.54, 1.807) is 23.6 Å². The van der Waals surface area contributed by atoms with Crippen LogP contribution >= 0.6 is 11.3 Å². The fourth-order valence-corrected chi connectivity index (χ4v) is 4.80. The predicted molar refractivity (Wildman–Crippen MR) is 132 cm³/mol. The Labute approximate surface area is 196 Å². The zero-order valence-corrected chi connectivity index (χ0v) is 18.5. The van der Waals surface area contributed by atoms with Gasteiger partial charge in [0, 0.05) is 16.0 Å². The average Bonchev–Trinajstić information content (AvgIpc) is 3.47. The van der Waals surface area contributed by atoms with Gasteiger partial charge in [-0.3, -0.25) is 9.59 Å². The molecule has 4 nitrogen and oxygen atoms in total. The molecular weight excluding hydrogens is 428 g/mol. The molecule has 0 saturated heterocycles. The van der Waals surface area contributed by atoms with Crippen molar-refractivity contribution in [3.8, 4) is 0 Å². The summed E-state index contributed by atoms with van der Waals surface area (Å²) in [5, 5.41) is 10.6. The van der Waals surface area contributed by atoms with E-state index in [-0.39, 0.29) is 11.6 Å². The molecule has 1 heterocycles. The molecule has 0 amide bonds. The topological polar surface area (TPSA) is 58.9 Å². The van der Waals surface area contributed by atoms with Crippen molar-refractivity contribution in [2.45, 2.75) is 5.92 Å². The Bertz CT molecular complexity index is 1300. The largest absolute Gasteiger partial charge is 0.297 e. The van der Waals surface area contributed by atoms with Crippen LogP contribution in [0, 0.1) is 5.92 Å². The number of carbonyl (C=O) groups excluding carboxylic acids is 2. The standard InChI is InChI=1S/C28H20N2O2S/c31-27-23-16-8-7-15-22(23)26(30-29-18-21-14-9-17-33-21)25(27)28(32)24(19-10-3-1-4-11-19)20-12-5-2-6-13-20/h1-18,24-25H/b29-18-,30-26+/t25-/m0/s1. The van der Waals surface area contributed by atoms with Crippen LogP contribution in [0.4, 0.5) is 0 Å². The molecule has 0 aliphatic heterocycles. The van der Waals surface area contributed by atoms with Crippen LogP contribution in [-0.4, -0.2) is 23.5 Å². The Morgan fingerprint density at radius 1 is 0.788 bits per heavy atom. The first-order valence-corrected chi connectivity index (χ1v) is 11.5. The highest BCUT2D eigenvalue weighted by atomic mass is 32.1. The van der Waals surface area contributed by atoms with Crippen molar-refractivity contribution in [3.05, 3.63) is 130 Å². The lowest BCUT2D eigenvalue weighted by Gasteiger charge is -2.20. The van der Waals surface area contributed by atoms with Gasteiger partial charge >= 0.3 is 0 Å². The van der Waals surface area contributed by atoms with Crippen LogP contribution in [-0.2, 0) is 4.79 Å². The zero-order valence-electron chi connectivity index (χ0n) is 17.7. The lowest BCUT2D eigenvalue weighted by molar-refractivity contribution is -0.120. The Morgan fingerprint density at radius 2 is 1.39 bits per heavy atom. The van der Waals surface area contributed by atoms with E-state index in [1.807, 2.05) is 96.4 Å². The van der Waals surface area contributed by atoms with Gasteiger partial charge in [0.05, 0.1) is 17.8 Å². The Hall–Kier alpha value is -3.96. The molecule has 5 heteroatoms. The lowest BCUT2D eigenvalue weighted by Crippen LogP contribution is -2.31. The Kier molecular flexibility index (Phi) is 5.87. The first-order chi connectivity index (χ1) is 16.2. The highest BCUT2D eigenvalue weighted by Gasteiger charge is 2.44. The molecule has 1 atom stereocenters. The van der Waals surface area contributed by atoms with E-state index in [0.29, 0.717) is 16.8 Å². The van der Waals surface area contributed by atoms with Gasteiger partial charge < -0.3 is 0 Å². The number of hydrogen-bond donors (Lipinski definition) is 0. The molecular formula is C28H20N2O2S. The molecule has 33 heavy (non-hydrogen) atoms. The first kappa shape index (κ1) is 20.9. The zero-order chi connectivity index (χ0) is 22.6. The van der Waals surface area contributed by atoms with E-state index in [9.17, 15) is 9.59 Å². The van der Waals surface area contributed by atoms with Crippen LogP contribution in [0.5, 0.6) is 0 Å².